The van der Waals surface area contributed by atoms with Crippen molar-refractivity contribution in [3.8, 4) is 0 Å². The lowest BCUT2D eigenvalue weighted by atomic mass is 10.1. The third kappa shape index (κ3) is 2.88. The molecule has 0 aliphatic carbocycles. The van der Waals surface area contributed by atoms with Crippen LogP contribution in [0.2, 0.25) is 0 Å². The van der Waals surface area contributed by atoms with Crippen molar-refractivity contribution in [1.29, 1.82) is 0 Å². The van der Waals surface area contributed by atoms with E-state index in [1.807, 2.05) is 49.6 Å². The summed E-state index contributed by atoms with van der Waals surface area (Å²) in [5.74, 6) is -0.608. The number of anilines is 1. The number of carbonyl (C=O) groups is 2. The Balaban J connectivity index is 1.75. The van der Waals surface area contributed by atoms with Crippen molar-refractivity contribution in [3.63, 3.8) is 0 Å². The van der Waals surface area contributed by atoms with Crippen LogP contribution in [-0.2, 0) is 16.0 Å². The van der Waals surface area contributed by atoms with Gasteiger partial charge in [-0.1, -0.05) is 18.2 Å². The number of benzene rings is 1. The number of esters is 1. The molecule has 0 saturated carbocycles. The molecule has 4 nitrogen and oxygen atoms in total. The first-order valence-corrected chi connectivity index (χ1v) is 8.53. The summed E-state index contributed by atoms with van der Waals surface area (Å²) in [6.45, 7) is 5.51. The van der Waals surface area contributed by atoms with Crippen molar-refractivity contribution in [1.82, 2.24) is 0 Å². The minimum absolute atomic E-state index is 0.0736. The Kier molecular flexibility index (Phi) is 4.22. The van der Waals surface area contributed by atoms with E-state index >= 15 is 0 Å². The second-order valence-electron chi connectivity index (χ2n) is 5.87. The van der Waals surface area contributed by atoms with Gasteiger partial charge >= 0.3 is 5.97 Å². The van der Waals surface area contributed by atoms with Gasteiger partial charge in [-0.3, -0.25) is 4.79 Å². The Morgan fingerprint density at radius 3 is 2.74 bits per heavy atom. The summed E-state index contributed by atoms with van der Waals surface area (Å²) in [6, 6.07) is 9.81. The summed E-state index contributed by atoms with van der Waals surface area (Å²) < 4.78 is 5.39. The molecule has 1 aliphatic heterocycles. The summed E-state index contributed by atoms with van der Waals surface area (Å²) in [7, 11) is 0. The highest BCUT2D eigenvalue weighted by molar-refractivity contribution is 7.12. The number of aryl methyl sites for hydroxylation is 1. The molecule has 1 aliphatic rings. The number of para-hydroxylation sites is 1. The molecule has 3 rings (SSSR count). The Bertz CT molecular complexity index is 752. The summed E-state index contributed by atoms with van der Waals surface area (Å²) in [6.07, 6.45) is 0.0182. The van der Waals surface area contributed by atoms with E-state index in [9.17, 15) is 9.59 Å². The average Bonchev–Trinajstić information content (AvgIpc) is 3.08. The Labute approximate surface area is 139 Å². The lowest BCUT2D eigenvalue weighted by Crippen LogP contribution is -2.43. The summed E-state index contributed by atoms with van der Waals surface area (Å²) >= 11 is 1.33. The predicted octanol–water partition coefficient (Wildman–Crippen LogP) is 3.58. The third-order valence-corrected chi connectivity index (χ3v) is 5.12. The SMILES string of the molecule is Cc1ccsc1C(=O)O[C@H](C)C(=O)N1c2ccccc2C[C@H]1C. The average molecular weight is 329 g/mol. The van der Waals surface area contributed by atoms with Crippen LogP contribution in [0.15, 0.2) is 35.7 Å². The number of hydrogen-bond donors (Lipinski definition) is 0. The van der Waals surface area contributed by atoms with E-state index < -0.39 is 12.1 Å². The molecule has 0 fully saturated rings. The quantitative estimate of drug-likeness (QED) is 0.809. The van der Waals surface area contributed by atoms with Gasteiger partial charge in [0.1, 0.15) is 4.88 Å². The molecule has 0 saturated heterocycles. The zero-order valence-corrected chi connectivity index (χ0v) is 14.2. The van der Waals surface area contributed by atoms with Crippen LogP contribution < -0.4 is 4.90 Å². The number of hydrogen-bond acceptors (Lipinski definition) is 4. The van der Waals surface area contributed by atoms with E-state index in [0.29, 0.717) is 4.88 Å². The summed E-state index contributed by atoms with van der Waals surface area (Å²) in [4.78, 5) is 27.3. The number of fused-ring (bicyclic) bond motifs is 1. The van der Waals surface area contributed by atoms with Crippen molar-refractivity contribution < 1.29 is 14.3 Å². The molecule has 1 amide bonds. The van der Waals surface area contributed by atoms with Crippen molar-refractivity contribution in [3.05, 3.63) is 51.7 Å². The standard InChI is InChI=1S/C18H19NO3S/c1-11-8-9-23-16(11)18(21)22-13(3)17(20)19-12(2)10-14-6-4-5-7-15(14)19/h4-9,12-13H,10H2,1-3H3/t12-,13-/m1/s1. The highest BCUT2D eigenvalue weighted by Gasteiger charge is 2.34. The number of ether oxygens (including phenoxy) is 1. The first kappa shape index (κ1) is 15.7. The van der Waals surface area contributed by atoms with Gasteiger partial charge in [0, 0.05) is 11.7 Å². The second kappa shape index (κ2) is 6.16. The molecule has 2 aromatic rings. The third-order valence-electron chi connectivity index (χ3n) is 4.12. The zero-order chi connectivity index (χ0) is 16.6. The maximum Gasteiger partial charge on any atom is 0.349 e. The maximum absolute atomic E-state index is 12.8. The fraction of sp³-hybridized carbons (Fsp3) is 0.333. The van der Waals surface area contributed by atoms with Gasteiger partial charge in [0.25, 0.3) is 5.91 Å². The number of thiophene rings is 1. The topological polar surface area (TPSA) is 46.6 Å². The van der Waals surface area contributed by atoms with Gasteiger partial charge in [-0.25, -0.2) is 4.79 Å². The molecule has 0 spiro atoms. The van der Waals surface area contributed by atoms with Gasteiger partial charge in [-0.15, -0.1) is 11.3 Å². The molecule has 120 valence electrons. The summed E-state index contributed by atoms with van der Waals surface area (Å²) in [5.41, 5.74) is 2.95. The van der Waals surface area contributed by atoms with Crippen LogP contribution in [0.5, 0.6) is 0 Å². The van der Waals surface area contributed by atoms with E-state index in [0.717, 1.165) is 23.2 Å². The van der Waals surface area contributed by atoms with Crippen molar-refractivity contribution >= 4 is 28.9 Å². The number of amides is 1. The van der Waals surface area contributed by atoms with E-state index in [2.05, 4.69) is 0 Å². The van der Waals surface area contributed by atoms with E-state index in [4.69, 9.17) is 4.74 Å². The molecule has 23 heavy (non-hydrogen) atoms. The molecular weight excluding hydrogens is 310 g/mol. The Hall–Kier alpha value is -2.14. The smallest absolute Gasteiger partial charge is 0.349 e. The lowest BCUT2D eigenvalue weighted by molar-refractivity contribution is -0.126. The van der Waals surface area contributed by atoms with Crippen molar-refractivity contribution in [2.24, 2.45) is 0 Å². The first-order valence-electron chi connectivity index (χ1n) is 7.65. The molecule has 0 unspecified atom stereocenters. The first-order chi connectivity index (χ1) is 11.0. The van der Waals surface area contributed by atoms with Gasteiger partial charge in [-0.05, 0) is 55.8 Å². The van der Waals surface area contributed by atoms with E-state index in [1.54, 1.807) is 11.8 Å². The monoisotopic (exact) mass is 329 g/mol. The molecule has 0 radical (unpaired) electrons. The van der Waals surface area contributed by atoms with Gasteiger partial charge in [-0.2, -0.15) is 0 Å². The van der Waals surface area contributed by atoms with Crippen LogP contribution in [0.4, 0.5) is 5.69 Å². The van der Waals surface area contributed by atoms with E-state index in [1.165, 1.54) is 11.3 Å². The lowest BCUT2D eigenvalue weighted by Gasteiger charge is -2.25. The number of carbonyl (C=O) groups excluding carboxylic acids is 2. The highest BCUT2D eigenvalue weighted by Crippen LogP contribution is 2.32. The fourth-order valence-electron chi connectivity index (χ4n) is 2.94. The van der Waals surface area contributed by atoms with Gasteiger partial charge < -0.3 is 9.64 Å². The van der Waals surface area contributed by atoms with Crippen LogP contribution >= 0.6 is 11.3 Å². The van der Waals surface area contributed by atoms with Gasteiger partial charge in [0.2, 0.25) is 0 Å². The molecule has 2 heterocycles. The van der Waals surface area contributed by atoms with Gasteiger partial charge in [0.05, 0.1) is 0 Å². The van der Waals surface area contributed by atoms with Crippen LogP contribution in [0, 0.1) is 6.92 Å². The molecular formula is C18H19NO3S. The zero-order valence-electron chi connectivity index (χ0n) is 13.4. The second-order valence-corrected chi connectivity index (χ2v) is 6.79. The van der Waals surface area contributed by atoms with Crippen LogP contribution in [0.3, 0.4) is 0 Å². The van der Waals surface area contributed by atoms with Gasteiger partial charge in [0.15, 0.2) is 6.10 Å². The fourth-order valence-corrected chi connectivity index (χ4v) is 3.75. The minimum Gasteiger partial charge on any atom is -0.448 e. The Morgan fingerprint density at radius 2 is 2.04 bits per heavy atom. The molecule has 1 aromatic heterocycles. The molecule has 1 aromatic carbocycles. The molecule has 2 atom stereocenters. The maximum atomic E-state index is 12.8. The normalized spacial score (nSPS) is 17.7. The summed E-state index contributed by atoms with van der Waals surface area (Å²) in [5, 5.41) is 1.84. The number of rotatable bonds is 3. The minimum atomic E-state index is -0.808. The Morgan fingerprint density at radius 1 is 1.30 bits per heavy atom. The molecule has 5 heteroatoms. The van der Waals surface area contributed by atoms with E-state index in [-0.39, 0.29) is 11.9 Å². The van der Waals surface area contributed by atoms with Crippen LogP contribution in [0.25, 0.3) is 0 Å². The van der Waals surface area contributed by atoms with Crippen LogP contribution in [0.1, 0.15) is 34.6 Å². The van der Waals surface area contributed by atoms with Crippen molar-refractivity contribution in [2.45, 2.75) is 39.3 Å². The van der Waals surface area contributed by atoms with Crippen molar-refractivity contribution in [2.75, 3.05) is 4.90 Å². The molecule has 0 N–H and O–H groups in total. The van der Waals surface area contributed by atoms with Crippen LogP contribution in [-0.4, -0.2) is 24.0 Å². The molecule has 0 bridgehead atoms. The largest absolute Gasteiger partial charge is 0.448 e. The number of nitrogens with zero attached hydrogens (tertiary/aromatic N) is 1. The predicted molar refractivity (Wildman–Crippen MR) is 91.0 cm³/mol. The highest BCUT2D eigenvalue weighted by atomic mass is 32.1.